The van der Waals surface area contributed by atoms with Crippen molar-refractivity contribution in [1.29, 1.82) is 0 Å². The molecule has 0 saturated heterocycles. The Kier molecular flexibility index (Phi) is 7.12. The molecule has 0 aromatic carbocycles. The van der Waals surface area contributed by atoms with E-state index in [9.17, 15) is 9.59 Å². The molecular weight excluding hydrogens is 256 g/mol. The Hall–Kier alpha value is -1.52. The number of carbonyl (C=O) groups excluding carboxylic acids is 1. The minimum absolute atomic E-state index is 0.0468. The number of amides is 2. The number of carboxylic acids is 1. The van der Waals surface area contributed by atoms with Crippen molar-refractivity contribution in [2.45, 2.75) is 38.5 Å². The minimum atomic E-state index is -0.686. The molecule has 2 N–H and O–H groups in total. The molecule has 1 aliphatic carbocycles. The predicted molar refractivity (Wildman–Crippen MR) is 78.5 cm³/mol. The highest BCUT2D eigenvalue weighted by Gasteiger charge is 2.26. The van der Waals surface area contributed by atoms with Crippen LogP contribution in [0.15, 0.2) is 12.7 Å². The van der Waals surface area contributed by atoms with Crippen LogP contribution in [-0.2, 0) is 4.79 Å². The van der Waals surface area contributed by atoms with Gasteiger partial charge in [-0.3, -0.25) is 4.79 Å². The number of nitrogens with zero attached hydrogens (tertiary/aromatic N) is 1. The molecule has 2 amide bonds. The number of aliphatic carboxylic acids is 1. The van der Waals surface area contributed by atoms with Crippen molar-refractivity contribution in [3.05, 3.63) is 12.7 Å². The predicted octanol–water partition coefficient (Wildman–Crippen LogP) is 2.49. The van der Waals surface area contributed by atoms with Crippen LogP contribution in [0.5, 0.6) is 0 Å². The molecule has 0 aromatic heterocycles. The molecule has 0 unspecified atom stereocenters. The molecular formula is C15H26N2O3. The largest absolute Gasteiger partial charge is 0.481 e. The second kappa shape index (κ2) is 8.61. The lowest BCUT2D eigenvalue weighted by molar-refractivity contribution is -0.143. The number of allylic oxidation sites excluding steroid dienone is 1. The number of hydrogen-bond donors (Lipinski definition) is 2. The van der Waals surface area contributed by atoms with Gasteiger partial charge in [-0.1, -0.05) is 6.08 Å². The maximum Gasteiger partial charge on any atom is 0.317 e. The summed E-state index contributed by atoms with van der Waals surface area (Å²) in [6, 6.07) is -0.0468. The smallest absolute Gasteiger partial charge is 0.317 e. The molecule has 20 heavy (non-hydrogen) atoms. The van der Waals surface area contributed by atoms with E-state index in [1.807, 2.05) is 6.08 Å². The summed E-state index contributed by atoms with van der Waals surface area (Å²) in [5.41, 5.74) is 0. The molecule has 114 valence electrons. The summed E-state index contributed by atoms with van der Waals surface area (Å²) in [6.07, 6.45) is 6.92. The van der Waals surface area contributed by atoms with Gasteiger partial charge in [-0.05, 0) is 44.4 Å². The standard InChI is InChI=1S/C15H26N2O3/c1-3-4-5-10-17(2)15(20)16-11-12-6-8-13(9-7-12)14(18)19/h3,12-13H,1,4-11H2,2H3,(H,16,20)(H,18,19). The van der Waals surface area contributed by atoms with Crippen molar-refractivity contribution in [2.75, 3.05) is 20.1 Å². The lowest BCUT2D eigenvalue weighted by Crippen LogP contribution is -2.40. The van der Waals surface area contributed by atoms with Crippen LogP contribution in [-0.4, -0.2) is 42.1 Å². The van der Waals surface area contributed by atoms with Crippen LogP contribution >= 0.6 is 0 Å². The van der Waals surface area contributed by atoms with E-state index < -0.39 is 5.97 Å². The number of urea groups is 1. The molecule has 5 heteroatoms. The second-order valence-corrected chi connectivity index (χ2v) is 5.59. The first-order chi connectivity index (χ1) is 9.54. The van der Waals surface area contributed by atoms with Gasteiger partial charge in [-0.25, -0.2) is 4.79 Å². The summed E-state index contributed by atoms with van der Waals surface area (Å²) < 4.78 is 0. The molecule has 0 bridgehead atoms. The molecule has 1 rings (SSSR count). The highest BCUT2D eigenvalue weighted by Crippen LogP contribution is 2.28. The van der Waals surface area contributed by atoms with Gasteiger partial charge in [0.1, 0.15) is 0 Å². The van der Waals surface area contributed by atoms with Crippen LogP contribution in [0.3, 0.4) is 0 Å². The molecule has 0 radical (unpaired) electrons. The van der Waals surface area contributed by atoms with Gasteiger partial charge in [0, 0.05) is 20.1 Å². The van der Waals surface area contributed by atoms with Gasteiger partial charge in [0.2, 0.25) is 0 Å². The van der Waals surface area contributed by atoms with Gasteiger partial charge >= 0.3 is 12.0 Å². The third-order valence-corrected chi connectivity index (χ3v) is 3.99. The monoisotopic (exact) mass is 282 g/mol. The lowest BCUT2D eigenvalue weighted by atomic mass is 9.82. The average molecular weight is 282 g/mol. The number of carbonyl (C=O) groups is 2. The summed E-state index contributed by atoms with van der Waals surface area (Å²) >= 11 is 0. The first-order valence-corrected chi connectivity index (χ1v) is 7.37. The molecule has 0 atom stereocenters. The van der Waals surface area contributed by atoms with E-state index in [2.05, 4.69) is 11.9 Å². The fourth-order valence-corrected chi connectivity index (χ4v) is 2.55. The number of nitrogens with one attached hydrogen (secondary N) is 1. The minimum Gasteiger partial charge on any atom is -0.481 e. The Morgan fingerprint density at radius 1 is 1.35 bits per heavy atom. The maximum absolute atomic E-state index is 11.8. The quantitative estimate of drug-likeness (QED) is 0.557. The van der Waals surface area contributed by atoms with E-state index >= 15 is 0 Å². The normalized spacial score (nSPS) is 22.1. The fourth-order valence-electron chi connectivity index (χ4n) is 2.55. The van der Waals surface area contributed by atoms with Crippen LogP contribution in [0.2, 0.25) is 0 Å². The van der Waals surface area contributed by atoms with E-state index in [0.29, 0.717) is 12.5 Å². The zero-order valence-electron chi connectivity index (χ0n) is 12.3. The van der Waals surface area contributed by atoms with Crippen LogP contribution in [0.1, 0.15) is 38.5 Å². The topological polar surface area (TPSA) is 69.6 Å². The van der Waals surface area contributed by atoms with Gasteiger partial charge in [-0.15, -0.1) is 6.58 Å². The zero-order chi connectivity index (χ0) is 15.0. The molecule has 0 aliphatic heterocycles. The van der Waals surface area contributed by atoms with Crippen LogP contribution in [0, 0.1) is 11.8 Å². The molecule has 1 fully saturated rings. The van der Waals surface area contributed by atoms with Gasteiger partial charge in [0.15, 0.2) is 0 Å². The maximum atomic E-state index is 11.8. The summed E-state index contributed by atoms with van der Waals surface area (Å²) in [6.45, 7) is 5.03. The lowest BCUT2D eigenvalue weighted by Gasteiger charge is -2.27. The number of hydrogen-bond acceptors (Lipinski definition) is 2. The van der Waals surface area contributed by atoms with E-state index in [-0.39, 0.29) is 11.9 Å². The van der Waals surface area contributed by atoms with Crippen LogP contribution < -0.4 is 5.32 Å². The molecule has 0 spiro atoms. The third kappa shape index (κ3) is 5.63. The first-order valence-electron chi connectivity index (χ1n) is 7.37. The highest BCUT2D eigenvalue weighted by molar-refractivity contribution is 5.73. The van der Waals surface area contributed by atoms with E-state index in [0.717, 1.165) is 45.1 Å². The summed E-state index contributed by atoms with van der Waals surface area (Å²) in [5, 5.41) is 11.9. The molecule has 5 nitrogen and oxygen atoms in total. The van der Waals surface area contributed by atoms with Crippen molar-refractivity contribution >= 4 is 12.0 Å². The van der Waals surface area contributed by atoms with Crippen molar-refractivity contribution in [3.8, 4) is 0 Å². The number of carboxylic acid groups (broad SMARTS) is 1. The molecule has 1 aliphatic rings. The SMILES string of the molecule is C=CCCCN(C)C(=O)NCC1CCC(C(=O)O)CC1. The van der Waals surface area contributed by atoms with Crippen LogP contribution in [0.25, 0.3) is 0 Å². The number of rotatable bonds is 7. The van der Waals surface area contributed by atoms with Crippen molar-refractivity contribution in [1.82, 2.24) is 10.2 Å². The summed E-state index contributed by atoms with van der Waals surface area (Å²) in [4.78, 5) is 24.4. The molecule has 0 heterocycles. The summed E-state index contributed by atoms with van der Waals surface area (Å²) in [5.74, 6) is -0.464. The van der Waals surface area contributed by atoms with Gasteiger partial charge in [0.05, 0.1) is 5.92 Å². The van der Waals surface area contributed by atoms with Crippen molar-refractivity contribution in [3.63, 3.8) is 0 Å². The van der Waals surface area contributed by atoms with Crippen molar-refractivity contribution < 1.29 is 14.7 Å². The average Bonchev–Trinajstić information content (AvgIpc) is 2.45. The Morgan fingerprint density at radius 2 is 2.00 bits per heavy atom. The van der Waals surface area contributed by atoms with E-state index in [1.165, 1.54) is 0 Å². The van der Waals surface area contributed by atoms with Crippen molar-refractivity contribution in [2.24, 2.45) is 11.8 Å². The Labute approximate surface area is 121 Å². The molecule has 0 aromatic rings. The second-order valence-electron chi connectivity index (χ2n) is 5.59. The van der Waals surface area contributed by atoms with Crippen LogP contribution in [0.4, 0.5) is 4.79 Å². The van der Waals surface area contributed by atoms with Gasteiger partial charge < -0.3 is 15.3 Å². The Bertz CT molecular complexity index is 336. The van der Waals surface area contributed by atoms with E-state index in [1.54, 1.807) is 11.9 Å². The van der Waals surface area contributed by atoms with E-state index in [4.69, 9.17) is 5.11 Å². The first kappa shape index (κ1) is 16.5. The van der Waals surface area contributed by atoms with Gasteiger partial charge in [0.25, 0.3) is 0 Å². The third-order valence-electron chi connectivity index (χ3n) is 3.99. The zero-order valence-corrected chi connectivity index (χ0v) is 12.3. The Morgan fingerprint density at radius 3 is 2.55 bits per heavy atom. The van der Waals surface area contributed by atoms with Gasteiger partial charge in [-0.2, -0.15) is 0 Å². The highest BCUT2D eigenvalue weighted by atomic mass is 16.4. The fraction of sp³-hybridized carbons (Fsp3) is 0.733. The Balaban J connectivity index is 2.18. The number of unbranched alkanes of at least 4 members (excludes halogenated alkanes) is 1. The molecule has 1 saturated carbocycles. The summed E-state index contributed by atoms with van der Waals surface area (Å²) in [7, 11) is 1.79.